The number of amides is 1. The number of carbonyl (C=O) groups is 2. The van der Waals surface area contributed by atoms with Crippen LogP contribution in [0.15, 0.2) is 72.9 Å². The average molecular weight is 479 g/mol. The molecule has 2 N–H and O–H groups in total. The molecule has 9 heteroatoms. The number of aromatic amines is 1. The molecule has 1 amide bonds. The molecule has 0 aliphatic carbocycles. The normalized spacial score (nSPS) is 11.6. The van der Waals surface area contributed by atoms with Gasteiger partial charge in [-0.1, -0.05) is 35.9 Å². The highest BCUT2D eigenvalue weighted by molar-refractivity contribution is 6.30. The summed E-state index contributed by atoms with van der Waals surface area (Å²) in [5.74, 6) is -1.90. The first-order valence-electron chi connectivity index (χ1n) is 10.3. The zero-order chi connectivity index (χ0) is 24.1. The van der Waals surface area contributed by atoms with Crippen molar-refractivity contribution in [2.24, 2.45) is 0 Å². The first-order chi connectivity index (χ1) is 16.5. The van der Waals surface area contributed by atoms with Crippen LogP contribution in [0, 0.1) is 5.82 Å². The molecule has 4 aromatic rings. The fourth-order valence-electron chi connectivity index (χ4n) is 3.50. The molecule has 34 heavy (non-hydrogen) atoms. The molecule has 7 nitrogen and oxygen atoms in total. The molecule has 0 radical (unpaired) electrons. The Morgan fingerprint density at radius 3 is 2.62 bits per heavy atom. The van der Waals surface area contributed by atoms with Crippen molar-refractivity contribution < 1.29 is 18.7 Å². The summed E-state index contributed by atoms with van der Waals surface area (Å²) in [6.07, 6.45) is 1.71. The summed E-state index contributed by atoms with van der Waals surface area (Å²) in [4.78, 5) is 29.7. The molecule has 0 unspecified atom stereocenters. The Morgan fingerprint density at radius 2 is 1.91 bits per heavy atom. The van der Waals surface area contributed by atoms with E-state index in [0.717, 1.165) is 5.56 Å². The molecule has 4 rings (SSSR count). The van der Waals surface area contributed by atoms with Gasteiger partial charge in [0.25, 0.3) is 5.91 Å². The van der Waals surface area contributed by atoms with Crippen molar-refractivity contribution in [1.29, 1.82) is 0 Å². The summed E-state index contributed by atoms with van der Waals surface area (Å²) in [6.45, 7) is 0. The monoisotopic (exact) mass is 478 g/mol. The number of nitrogens with zero attached hydrogens (tertiary/aromatic N) is 2. The number of nitrogens with one attached hydrogen (secondary N) is 2. The predicted molar refractivity (Wildman–Crippen MR) is 126 cm³/mol. The number of methoxy groups -OCH3 is 1. The Bertz CT molecular complexity index is 1310. The standard InChI is InChI=1S/C25H20ClFN4O3/c1-34-25(33)22(13-17-5-2-3-12-28-17)29-24(32)18-6-4-7-19(27)23(18)21-14-20(30-31-21)15-8-10-16(26)11-9-15/h2-12,14,22H,13H2,1H3,(H,29,32)(H,30,31)/t22-/m1/s1. The number of halogens is 2. The number of rotatable bonds is 7. The maximum Gasteiger partial charge on any atom is 0.328 e. The highest BCUT2D eigenvalue weighted by atomic mass is 35.5. The van der Waals surface area contributed by atoms with E-state index in [-0.39, 0.29) is 23.2 Å². The van der Waals surface area contributed by atoms with Gasteiger partial charge in [0.05, 0.1) is 29.6 Å². The van der Waals surface area contributed by atoms with Gasteiger partial charge in [0.15, 0.2) is 0 Å². The Morgan fingerprint density at radius 1 is 1.12 bits per heavy atom. The zero-order valence-electron chi connectivity index (χ0n) is 18.1. The van der Waals surface area contributed by atoms with Crippen molar-refractivity contribution in [3.63, 3.8) is 0 Å². The third kappa shape index (κ3) is 5.13. The lowest BCUT2D eigenvalue weighted by molar-refractivity contribution is -0.142. The molecule has 0 saturated carbocycles. The van der Waals surface area contributed by atoms with Gasteiger partial charge in [0.1, 0.15) is 11.9 Å². The maximum atomic E-state index is 14.9. The number of hydrogen-bond donors (Lipinski definition) is 2. The number of pyridine rings is 1. The molecule has 2 aromatic heterocycles. The number of ether oxygens (including phenoxy) is 1. The van der Waals surface area contributed by atoms with Gasteiger partial charge in [-0.2, -0.15) is 5.10 Å². The molecule has 1 atom stereocenters. The van der Waals surface area contributed by atoms with E-state index in [1.165, 1.54) is 25.3 Å². The van der Waals surface area contributed by atoms with Crippen LogP contribution in [0.4, 0.5) is 4.39 Å². The number of benzene rings is 2. The Labute approximate surface area is 199 Å². The first kappa shape index (κ1) is 23.1. The lowest BCUT2D eigenvalue weighted by Gasteiger charge is -2.17. The van der Waals surface area contributed by atoms with Gasteiger partial charge in [-0.15, -0.1) is 0 Å². The molecule has 0 spiro atoms. The minimum Gasteiger partial charge on any atom is -0.467 e. The van der Waals surface area contributed by atoms with E-state index in [1.807, 2.05) is 0 Å². The van der Waals surface area contributed by atoms with Crippen LogP contribution in [-0.4, -0.2) is 40.2 Å². The van der Waals surface area contributed by atoms with E-state index in [9.17, 15) is 14.0 Å². The Balaban J connectivity index is 1.64. The zero-order valence-corrected chi connectivity index (χ0v) is 18.8. The van der Waals surface area contributed by atoms with Crippen LogP contribution in [0.3, 0.4) is 0 Å². The highest BCUT2D eigenvalue weighted by Crippen LogP contribution is 2.29. The van der Waals surface area contributed by atoms with Gasteiger partial charge >= 0.3 is 5.97 Å². The molecule has 0 aliphatic heterocycles. The van der Waals surface area contributed by atoms with Crippen LogP contribution in [-0.2, 0) is 16.0 Å². The second-order valence-electron chi connectivity index (χ2n) is 7.41. The molecule has 172 valence electrons. The molecule has 0 saturated heterocycles. The van der Waals surface area contributed by atoms with Crippen LogP contribution in [0.1, 0.15) is 16.1 Å². The Hall–Kier alpha value is -4.04. The number of H-pyrrole nitrogens is 1. The van der Waals surface area contributed by atoms with Crippen LogP contribution in [0.5, 0.6) is 0 Å². The minimum absolute atomic E-state index is 0.0120. The number of carbonyl (C=O) groups excluding carboxylic acids is 2. The van der Waals surface area contributed by atoms with E-state index in [2.05, 4.69) is 20.5 Å². The van der Waals surface area contributed by atoms with Gasteiger partial charge in [-0.25, -0.2) is 9.18 Å². The fourth-order valence-corrected chi connectivity index (χ4v) is 3.63. The first-order valence-corrected chi connectivity index (χ1v) is 10.7. The van der Waals surface area contributed by atoms with E-state index >= 15 is 0 Å². The van der Waals surface area contributed by atoms with Crippen molar-refractivity contribution in [3.05, 3.63) is 95.0 Å². The summed E-state index contributed by atoms with van der Waals surface area (Å²) in [5.41, 5.74) is 2.31. The highest BCUT2D eigenvalue weighted by Gasteiger charge is 2.26. The molecule has 2 heterocycles. The lowest BCUT2D eigenvalue weighted by Crippen LogP contribution is -2.43. The van der Waals surface area contributed by atoms with Gasteiger partial charge in [0.2, 0.25) is 0 Å². The SMILES string of the molecule is COC(=O)[C@@H](Cc1ccccn1)NC(=O)c1cccc(F)c1-c1cc(-c2ccc(Cl)cc2)[nH]n1. The summed E-state index contributed by atoms with van der Waals surface area (Å²) < 4.78 is 19.8. The number of esters is 1. The number of hydrogen-bond acceptors (Lipinski definition) is 5. The maximum absolute atomic E-state index is 14.9. The molecule has 0 bridgehead atoms. The van der Waals surface area contributed by atoms with E-state index in [4.69, 9.17) is 16.3 Å². The molecular formula is C25H20ClFN4O3. The van der Waals surface area contributed by atoms with Crippen LogP contribution in [0.25, 0.3) is 22.5 Å². The van der Waals surface area contributed by atoms with Gasteiger partial charge in [-0.3, -0.25) is 14.9 Å². The van der Waals surface area contributed by atoms with Crippen molar-refractivity contribution in [1.82, 2.24) is 20.5 Å². The van der Waals surface area contributed by atoms with Crippen LogP contribution < -0.4 is 5.32 Å². The molecule has 2 aromatic carbocycles. The molecule has 0 aliphatic rings. The second kappa shape index (κ2) is 10.3. The summed E-state index contributed by atoms with van der Waals surface area (Å²) in [6, 6.07) is 17.1. The summed E-state index contributed by atoms with van der Waals surface area (Å²) >= 11 is 5.95. The largest absolute Gasteiger partial charge is 0.467 e. The van der Waals surface area contributed by atoms with Gasteiger partial charge in [0, 0.05) is 23.3 Å². The van der Waals surface area contributed by atoms with E-state index in [0.29, 0.717) is 16.4 Å². The average Bonchev–Trinajstić information content (AvgIpc) is 3.33. The van der Waals surface area contributed by atoms with Crippen LogP contribution >= 0.6 is 11.6 Å². The number of aromatic nitrogens is 3. The lowest BCUT2D eigenvalue weighted by atomic mass is 10.0. The molecular weight excluding hydrogens is 459 g/mol. The third-order valence-corrected chi connectivity index (χ3v) is 5.43. The third-order valence-electron chi connectivity index (χ3n) is 5.18. The van der Waals surface area contributed by atoms with Crippen molar-refractivity contribution in [2.45, 2.75) is 12.5 Å². The van der Waals surface area contributed by atoms with Crippen molar-refractivity contribution >= 4 is 23.5 Å². The topological polar surface area (TPSA) is 97.0 Å². The summed E-state index contributed by atoms with van der Waals surface area (Å²) in [5, 5.41) is 10.3. The fraction of sp³-hybridized carbons (Fsp3) is 0.120. The predicted octanol–water partition coefficient (Wildman–Crippen LogP) is 4.45. The van der Waals surface area contributed by atoms with Crippen molar-refractivity contribution in [3.8, 4) is 22.5 Å². The Kier molecular flexibility index (Phi) is 6.98. The van der Waals surface area contributed by atoms with Gasteiger partial charge < -0.3 is 10.1 Å². The molecule has 0 fully saturated rings. The smallest absolute Gasteiger partial charge is 0.328 e. The van der Waals surface area contributed by atoms with E-state index < -0.39 is 23.7 Å². The minimum atomic E-state index is -1.01. The van der Waals surface area contributed by atoms with Crippen LogP contribution in [0.2, 0.25) is 5.02 Å². The quantitative estimate of drug-likeness (QED) is 0.383. The van der Waals surface area contributed by atoms with Gasteiger partial charge in [-0.05, 0) is 48.0 Å². The van der Waals surface area contributed by atoms with E-state index in [1.54, 1.807) is 54.7 Å². The summed E-state index contributed by atoms with van der Waals surface area (Å²) in [7, 11) is 1.23. The second-order valence-corrected chi connectivity index (χ2v) is 7.85. The van der Waals surface area contributed by atoms with Crippen molar-refractivity contribution in [2.75, 3.05) is 7.11 Å².